The van der Waals surface area contributed by atoms with Gasteiger partial charge in [-0.3, -0.25) is 0 Å². The second-order valence-electron chi connectivity index (χ2n) is 4.66. The number of benzene rings is 2. The molecule has 2 rings (SSSR count). The summed E-state index contributed by atoms with van der Waals surface area (Å²) in [5.41, 5.74) is 4.34. The van der Waals surface area contributed by atoms with Gasteiger partial charge in [-0.1, -0.05) is 23.7 Å². The van der Waals surface area contributed by atoms with Gasteiger partial charge in [0.25, 0.3) is 0 Å². The van der Waals surface area contributed by atoms with E-state index < -0.39 is 0 Å². The van der Waals surface area contributed by atoms with Gasteiger partial charge in [-0.2, -0.15) is 0 Å². The molecule has 1 nitrogen and oxygen atoms in total. The van der Waals surface area contributed by atoms with E-state index in [1.54, 1.807) is 0 Å². The Kier molecular flexibility index (Phi) is 4.38. The van der Waals surface area contributed by atoms with Gasteiger partial charge in [0.1, 0.15) is 11.5 Å². The Morgan fingerprint density at radius 3 is 2.47 bits per heavy atom. The average Bonchev–Trinajstić information content (AvgIpc) is 2.35. The van der Waals surface area contributed by atoms with Crippen molar-refractivity contribution in [3.05, 3.63) is 57.6 Å². The Bertz CT molecular complexity index is 606. The van der Waals surface area contributed by atoms with Gasteiger partial charge in [0.15, 0.2) is 0 Å². The van der Waals surface area contributed by atoms with E-state index in [2.05, 4.69) is 26.8 Å². The minimum absolute atomic E-state index is 0.332. The smallest absolute Gasteiger partial charge is 0.133 e. The predicted molar refractivity (Wildman–Crippen MR) is 81.7 cm³/mol. The molecule has 0 heterocycles. The summed E-state index contributed by atoms with van der Waals surface area (Å²) < 4.78 is 6.00. The largest absolute Gasteiger partial charge is 0.457 e. The first-order valence-corrected chi connectivity index (χ1v) is 7.03. The van der Waals surface area contributed by atoms with Crippen LogP contribution in [0.15, 0.2) is 30.3 Å². The van der Waals surface area contributed by atoms with Gasteiger partial charge in [0.05, 0.1) is 5.88 Å². The molecule has 2 aromatic carbocycles. The van der Waals surface area contributed by atoms with Crippen LogP contribution in [-0.2, 0) is 5.88 Å². The molecule has 0 bridgehead atoms. The van der Waals surface area contributed by atoms with E-state index in [0.717, 1.165) is 22.6 Å². The SMILES string of the molecule is Cc1cc(C)c(C)c(Oc2cccc(Cl)c2CCl)c1. The van der Waals surface area contributed by atoms with Gasteiger partial charge in [-0.05, 0) is 55.7 Å². The Hall–Kier alpha value is -1.18. The maximum atomic E-state index is 6.13. The summed E-state index contributed by atoms with van der Waals surface area (Å²) in [6.07, 6.45) is 0. The molecule has 0 fully saturated rings. The van der Waals surface area contributed by atoms with Gasteiger partial charge in [-0.15, -0.1) is 11.6 Å². The van der Waals surface area contributed by atoms with E-state index in [1.165, 1.54) is 11.1 Å². The molecule has 0 amide bonds. The summed E-state index contributed by atoms with van der Waals surface area (Å²) in [7, 11) is 0. The molecule has 0 saturated heterocycles. The van der Waals surface area contributed by atoms with Crippen LogP contribution >= 0.6 is 23.2 Å². The van der Waals surface area contributed by atoms with Gasteiger partial charge < -0.3 is 4.74 Å². The van der Waals surface area contributed by atoms with Gasteiger partial charge in [-0.25, -0.2) is 0 Å². The van der Waals surface area contributed by atoms with Gasteiger partial charge in [0, 0.05) is 10.6 Å². The van der Waals surface area contributed by atoms with Crippen LogP contribution in [0.25, 0.3) is 0 Å². The third-order valence-electron chi connectivity index (χ3n) is 3.19. The van der Waals surface area contributed by atoms with E-state index in [1.807, 2.05) is 24.3 Å². The van der Waals surface area contributed by atoms with Crippen molar-refractivity contribution >= 4 is 23.2 Å². The van der Waals surface area contributed by atoms with E-state index in [9.17, 15) is 0 Å². The topological polar surface area (TPSA) is 9.23 Å². The molecule has 0 saturated carbocycles. The Morgan fingerprint density at radius 1 is 1.05 bits per heavy atom. The molecule has 0 aliphatic heterocycles. The van der Waals surface area contributed by atoms with Crippen LogP contribution in [0.2, 0.25) is 5.02 Å². The Balaban J connectivity index is 2.45. The standard InChI is InChI=1S/C16H16Cl2O/c1-10-7-11(2)12(3)16(8-10)19-15-6-4-5-14(18)13(15)9-17/h4-8H,9H2,1-3H3. The number of halogens is 2. The highest BCUT2D eigenvalue weighted by atomic mass is 35.5. The van der Waals surface area contributed by atoms with Crippen LogP contribution in [0.1, 0.15) is 22.3 Å². The van der Waals surface area contributed by atoms with Crippen molar-refractivity contribution < 1.29 is 4.74 Å². The van der Waals surface area contributed by atoms with Crippen molar-refractivity contribution in [2.45, 2.75) is 26.7 Å². The molecule has 0 unspecified atom stereocenters. The van der Waals surface area contributed by atoms with E-state index in [4.69, 9.17) is 27.9 Å². The minimum Gasteiger partial charge on any atom is -0.457 e. The lowest BCUT2D eigenvalue weighted by molar-refractivity contribution is 0.474. The number of rotatable bonds is 3. The molecule has 0 aliphatic rings. The molecular formula is C16H16Cl2O. The molecule has 0 aromatic heterocycles. The number of aryl methyl sites for hydroxylation is 2. The molecule has 0 spiro atoms. The highest BCUT2D eigenvalue weighted by molar-refractivity contribution is 6.32. The highest BCUT2D eigenvalue weighted by Crippen LogP contribution is 2.34. The van der Waals surface area contributed by atoms with Crippen LogP contribution in [0.4, 0.5) is 0 Å². The quantitative estimate of drug-likeness (QED) is 0.650. The first kappa shape index (κ1) is 14.2. The number of alkyl halides is 1. The minimum atomic E-state index is 0.332. The number of hydrogen-bond donors (Lipinski definition) is 0. The van der Waals surface area contributed by atoms with Crippen molar-refractivity contribution in [2.24, 2.45) is 0 Å². The summed E-state index contributed by atoms with van der Waals surface area (Å²) in [5, 5.41) is 0.634. The predicted octanol–water partition coefficient (Wildman–Crippen LogP) is 5.80. The molecular weight excluding hydrogens is 279 g/mol. The molecule has 2 aromatic rings. The maximum Gasteiger partial charge on any atom is 0.133 e. The molecule has 19 heavy (non-hydrogen) atoms. The molecule has 0 radical (unpaired) electrons. The van der Waals surface area contributed by atoms with Gasteiger partial charge in [0.2, 0.25) is 0 Å². The van der Waals surface area contributed by atoms with E-state index >= 15 is 0 Å². The second-order valence-corrected chi connectivity index (χ2v) is 5.33. The van der Waals surface area contributed by atoms with Crippen molar-refractivity contribution in [3.8, 4) is 11.5 Å². The zero-order valence-corrected chi connectivity index (χ0v) is 12.8. The highest BCUT2D eigenvalue weighted by Gasteiger charge is 2.10. The third kappa shape index (κ3) is 3.05. The fraction of sp³-hybridized carbons (Fsp3) is 0.250. The monoisotopic (exact) mass is 294 g/mol. The first-order chi connectivity index (χ1) is 9.02. The van der Waals surface area contributed by atoms with Crippen molar-refractivity contribution in [3.63, 3.8) is 0 Å². The molecule has 0 atom stereocenters. The summed E-state index contributed by atoms with van der Waals surface area (Å²) in [4.78, 5) is 0. The van der Waals surface area contributed by atoms with Crippen LogP contribution in [0, 0.1) is 20.8 Å². The first-order valence-electron chi connectivity index (χ1n) is 6.12. The summed E-state index contributed by atoms with van der Waals surface area (Å²) in [6.45, 7) is 6.18. The Labute approximate surface area is 124 Å². The van der Waals surface area contributed by atoms with Crippen LogP contribution in [-0.4, -0.2) is 0 Å². The van der Waals surface area contributed by atoms with Crippen molar-refractivity contribution in [1.29, 1.82) is 0 Å². The molecule has 3 heteroatoms. The molecule has 0 aliphatic carbocycles. The number of hydrogen-bond acceptors (Lipinski definition) is 1. The second kappa shape index (κ2) is 5.85. The lowest BCUT2D eigenvalue weighted by Crippen LogP contribution is -1.95. The van der Waals surface area contributed by atoms with Crippen LogP contribution in [0.5, 0.6) is 11.5 Å². The Morgan fingerprint density at radius 2 is 1.79 bits per heavy atom. The maximum absolute atomic E-state index is 6.13. The van der Waals surface area contributed by atoms with Gasteiger partial charge >= 0.3 is 0 Å². The number of ether oxygens (including phenoxy) is 1. The molecule has 0 N–H and O–H groups in total. The zero-order chi connectivity index (χ0) is 14.0. The van der Waals surface area contributed by atoms with Crippen molar-refractivity contribution in [2.75, 3.05) is 0 Å². The molecule has 100 valence electrons. The van der Waals surface area contributed by atoms with E-state index in [0.29, 0.717) is 10.9 Å². The summed E-state index contributed by atoms with van der Waals surface area (Å²) >= 11 is 12.1. The fourth-order valence-electron chi connectivity index (χ4n) is 1.99. The van der Waals surface area contributed by atoms with Crippen LogP contribution in [0.3, 0.4) is 0 Å². The van der Waals surface area contributed by atoms with E-state index in [-0.39, 0.29) is 0 Å². The van der Waals surface area contributed by atoms with Crippen molar-refractivity contribution in [1.82, 2.24) is 0 Å². The lowest BCUT2D eigenvalue weighted by Gasteiger charge is -2.14. The zero-order valence-electron chi connectivity index (χ0n) is 11.3. The third-order valence-corrected chi connectivity index (χ3v) is 3.81. The normalized spacial score (nSPS) is 10.6. The van der Waals surface area contributed by atoms with Crippen LogP contribution < -0.4 is 4.74 Å². The fourth-order valence-corrected chi connectivity index (χ4v) is 2.57. The average molecular weight is 295 g/mol. The summed E-state index contributed by atoms with van der Waals surface area (Å²) in [6, 6.07) is 9.75. The summed E-state index contributed by atoms with van der Waals surface area (Å²) in [5.74, 6) is 1.90. The lowest BCUT2D eigenvalue weighted by atomic mass is 10.1.